The number of benzene rings is 1. The first-order valence-corrected chi connectivity index (χ1v) is 5.72. The van der Waals surface area contributed by atoms with Crippen LogP contribution in [0.3, 0.4) is 0 Å². The Morgan fingerprint density at radius 1 is 1.11 bits per heavy atom. The Morgan fingerprint density at radius 3 is 2.39 bits per heavy atom. The molecular weight excluding hydrogens is 224 g/mol. The van der Waals surface area contributed by atoms with E-state index in [-0.39, 0.29) is 0 Å². The molecule has 1 heterocycles. The van der Waals surface area contributed by atoms with Crippen molar-refractivity contribution in [3.63, 3.8) is 0 Å². The van der Waals surface area contributed by atoms with E-state index >= 15 is 0 Å². The molecule has 0 fully saturated rings. The number of fused-ring (bicyclic) bond motifs is 1. The maximum atomic E-state index is 9.18. The maximum absolute atomic E-state index is 9.18. The zero-order valence-corrected chi connectivity index (χ0v) is 11.1. The summed E-state index contributed by atoms with van der Waals surface area (Å²) in [4.78, 5) is 8.41. The minimum Gasteiger partial charge on any atom is -0.376 e. The summed E-state index contributed by atoms with van der Waals surface area (Å²) in [6.45, 7) is 0. The molecule has 2 rings (SSSR count). The van der Waals surface area contributed by atoms with Gasteiger partial charge in [0.2, 0.25) is 0 Å². The molecule has 0 N–H and O–H groups in total. The number of anilines is 2. The first kappa shape index (κ1) is 12.2. The predicted molar refractivity (Wildman–Crippen MR) is 75.1 cm³/mol. The van der Waals surface area contributed by atoms with Crippen LogP contribution in [0, 0.1) is 11.3 Å². The van der Waals surface area contributed by atoms with Crippen molar-refractivity contribution in [1.29, 1.82) is 5.26 Å². The van der Waals surface area contributed by atoms with E-state index in [1.165, 1.54) is 0 Å². The molecule has 0 amide bonds. The van der Waals surface area contributed by atoms with Crippen molar-refractivity contribution in [3.05, 3.63) is 30.0 Å². The van der Waals surface area contributed by atoms with E-state index in [9.17, 15) is 5.26 Å². The van der Waals surface area contributed by atoms with E-state index in [0.29, 0.717) is 5.56 Å². The van der Waals surface area contributed by atoms with E-state index in [1.54, 1.807) is 6.20 Å². The molecule has 0 unspecified atom stereocenters. The van der Waals surface area contributed by atoms with Gasteiger partial charge in [-0.05, 0) is 6.07 Å². The van der Waals surface area contributed by atoms with E-state index < -0.39 is 0 Å². The monoisotopic (exact) mass is 240 g/mol. The summed E-state index contributed by atoms with van der Waals surface area (Å²) >= 11 is 0. The zero-order chi connectivity index (χ0) is 13.3. The number of rotatable bonds is 2. The molecule has 1 aromatic heterocycles. The summed E-state index contributed by atoms with van der Waals surface area (Å²) in [5.74, 6) is 0. The molecular formula is C14H16N4. The maximum Gasteiger partial charge on any atom is 0.103 e. The number of hydrogen-bond donors (Lipinski definition) is 0. The van der Waals surface area contributed by atoms with Crippen molar-refractivity contribution in [1.82, 2.24) is 4.98 Å². The van der Waals surface area contributed by atoms with Crippen molar-refractivity contribution in [3.8, 4) is 6.07 Å². The Bertz CT molecular complexity index is 623. The summed E-state index contributed by atoms with van der Waals surface area (Å²) in [6, 6.07) is 8.23. The van der Waals surface area contributed by atoms with Gasteiger partial charge in [-0.25, -0.2) is 0 Å². The number of pyridine rings is 1. The minimum absolute atomic E-state index is 0.600. The predicted octanol–water partition coefficient (Wildman–Crippen LogP) is 2.24. The van der Waals surface area contributed by atoms with E-state index in [1.807, 2.05) is 56.2 Å². The fourth-order valence-electron chi connectivity index (χ4n) is 2.12. The van der Waals surface area contributed by atoms with Crippen molar-refractivity contribution in [2.45, 2.75) is 0 Å². The minimum atomic E-state index is 0.600. The van der Waals surface area contributed by atoms with Gasteiger partial charge < -0.3 is 9.80 Å². The number of para-hydroxylation sites is 1. The summed E-state index contributed by atoms with van der Waals surface area (Å²) in [5, 5.41) is 10.2. The lowest BCUT2D eigenvalue weighted by molar-refractivity contribution is 1.12. The third-order valence-corrected chi connectivity index (χ3v) is 2.90. The average molecular weight is 240 g/mol. The molecule has 2 aromatic rings. The summed E-state index contributed by atoms with van der Waals surface area (Å²) in [5.41, 5.74) is 3.50. The Morgan fingerprint density at radius 2 is 1.83 bits per heavy atom. The Hall–Kier alpha value is -2.28. The first-order valence-electron chi connectivity index (χ1n) is 5.72. The molecule has 92 valence electrons. The fourth-order valence-corrected chi connectivity index (χ4v) is 2.12. The van der Waals surface area contributed by atoms with E-state index in [2.05, 4.69) is 11.1 Å². The van der Waals surface area contributed by atoms with E-state index in [4.69, 9.17) is 0 Å². The van der Waals surface area contributed by atoms with Crippen molar-refractivity contribution >= 4 is 22.3 Å². The topological polar surface area (TPSA) is 43.2 Å². The molecule has 4 heteroatoms. The highest BCUT2D eigenvalue weighted by molar-refractivity contribution is 6.00. The van der Waals surface area contributed by atoms with Crippen LogP contribution in [0.1, 0.15) is 5.56 Å². The molecule has 0 bridgehead atoms. The molecule has 0 aliphatic rings. The molecule has 0 saturated carbocycles. The smallest absolute Gasteiger partial charge is 0.103 e. The van der Waals surface area contributed by atoms with Gasteiger partial charge in [0.1, 0.15) is 6.07 Å². The van der Waals surface area contributed by atoms with Crippen molar-refractivity contribution < 1.29 is 0 Å². The lowest BCUT2D eigenvalue weighted by atomic mass is 10.1. The Kier molecular flexibility index (Phi) is 3.07. The Balaban J connectivity index is 2.87. The zero-order valence-electron chi connectivity index (χ0n) is 11.1. The second-order valence-electron chi connectivity index (χ2n) is 4.59. The summed E-state index contributed by atoms with van der Waals surface area (Å²) in [6.07, 6.45) is 1.64. The van der Waals surface area contributed by atoms with Gasteiger partial charge in [-0.1, -0.05) is 12.1 Å². The SMILES string of the molecule is CN(C)c1c(C#N)cnc2c(N(C)C)cccc12. The van der Waals surface area contributed by atoms with Crippen molar-refractivity contribution in [2.75, 3.05) is 38.0 Å². The number of hydrogen-bond acceptors (Lipinski definition) is 4. The van der Waals surface area contributed by atoms with Gasteiger partial charge in [-0.3, -0.25) is 4.98 Å². The van der Waals surface area contributed by atoms with Crippen LogP contribution in [0.25, 0.3) is 10.9 Å². The lowest BCUT2D eigenvalue weighted by Gasteiger charge is -2.20. The summed E-state index contributed by atoms with van der Waals surface area (Å²) < 4.78 is 0. The second-order valence-corrected chi connectivity index (χ2v) is 4.59. The molecule has 4 nitrogen and oxygen atoms in total. The van der Waals surface area contributed by atoms with Crippen LogP contribution in [-0.4, -0.2) is 33.2 Å². The molecule has 0 aliphatic heterocycles. The van der Waals surface area contributed by atoms with Crippen LogP contribution in [0.4, 0.5) is 11.4 Å². The number of aromatic nitrogens is 1. The second kappa shape index (κ2) is 4.53. The van der Waals surface area contributed by atoms with Crippen LogP contribution in [0.5, 0.6) is 0 Å². The highest BCUT2D eigenvalue weighted by atomic mass is 15.1. The van der Waals surface area contributed by atoms with Gasteiger partial charge in [-0.15, -0.1) is 0 Å². The lowest BCUT2D eigenvalue weighted by Crippen LogP contribution is -2.13. The largest absolute Gasteiger partial charge is 0.376 e. The molecule has 18 heavy (non-hydrogen) atoms. The standard InChI is InChI=1S/C14H16N4/c1-17(2)12-7-5-6-11-13(12)16-9-10(8-15)14(11)18(3)4/h5-7,9H,1-4H3. The molecule has 0 saturated heterocycles. The van der Waals surface area contributed by atoms with Gasteiger partial charge in [0, 0.05) is 39.8 Å². The normalized spacial score (nSPS) is 10.2. The molecule has 0 atom stereocenters. The van der Waals surface area contributed by atoms with Gasteiger partial charge in [-0.2, -0.15) is 5.26 Å². The molecule has 0 spiro atoms. The van der Waals surface area contributed by atoms with Gasteiger partial charge in [0.15, 0.2) is 0 Å². The molecule has 1 aromatic carbocycles. The first-order chi connectivity index (χ1) is 8.56. The highest BCUT2D eigenvalue weighted by Gasteiger charge is 2.13. The molecule has 0 radical (unpaired) electrons. The quantitative estimate of drug-likeness (QED) is 0.807. The Labute approximate surface area is 107 Å². The van der Waals surface area contributed by atoms with Crippen LogP contribution in [0.2, 0.25) is 0 Å². The summed E-state index contributed by atoms with van der Waals surface area (Å²) in [7, 11) is 7.86. The fraction of sp³-hybridized carbons (Fsp3) is 0.286. The van der Waals surface area contributed by atoms with Crippen LogP contribution >= 0.6 is 0 Å². The number of nitriles is 1. The third kappa shape index (κ3) is 1.84. The van der Waals surface area contributed by atoms with Crippen molar-refractivity contribution in [2.24, 2.45) is 0 Å². The average Bonchev–Trinajstić information content (AvgIpc) is 2.35. The van der Waals surface area contributed by atoms with Crippen LogP contribution in [0.15, 0.2) is 24.4 Å². The van der Waals surface area contributed by atoms with Crippen LogP contribution in [-0.2, 0) is 0 Å². The third-order valence-electron chi connectivity index (χ3n) is 2.90. The van der Waals surface area contributed by atoms with Gasteiger partial charge >= 0.3 is 0 Å². The van der Waals surface area contributed by atoms with Crippen LogP contribution < -0.4 is 9.80 Å². The molecule has 0 aliphatic carbocycles. The van der Waals surface area contributed by atoms with Gasteiger partial charge in [0.25, 0.3) is 0 Å². The number of nitrogens with zero attached hydrogens (tertiary/aromatic N) is 4. The van der Waals surface area contributed by atoms with E-state index in [0.717, 1.165) is 22.3 Å². The van der Waals surface area contributed by atoms with Gasteiger partial charge in [0.05, 0.1) is 22.5 Å². The highest BCUT2D eigenvalue weighted by Crippen LogP contribution is 2.32.